The summed E-state index contributed by atoms with van der Waals surface area (Å²) in [7, 11) is 1.55. The van der Waals surface area contributed by atoms with E-state index < -0.39 is 28.7 Å². The van der Waals surface area contributed by atoms with E-state index in [1.807, 2.05) is 67.6 Å². The summed E-state index contributed by atoms with van der Waals surface area (Å²) in [5.74, 6) is -0.228. The Hall–Kier alpha value is -4.17. The van der Waals surface area contributed by atoms with Crippen molar-refractivity contribution < 1.29 is 28.6 Å². The van der Waals surface area contributed by atoms with E-state index in [4.69, 9.17) is 9.47 Å². The van der Waals surface area contributed by atoms with E-state index in [9.17, 15) is 19.1 Å². The summed E-state index contributed by atoms with van der Waals surface area (Å²) >= 11 is 0.914. The van der Waals surface area contributed by atoms with E-state index in [2.05, 4.69) is 5.32 Å². The fraction of sp³-hybridized carbons (Fsp3) is 0.226. The molecule has 1 amide bonds. The lowest BCUT2D eigenvalue weighted by Crippen LogP contribution is -2.19. The monoisotopic (exact) mass is 545 g/mol. The molecule has 1 aliphatic rings. The maximum atomic E-state index is 14.4. The molecule has 5 rings (SSSR count). The molecule has 2 N–H and O–H groups in total. The Balaban J connectivity index is 1.37. The van der Waals surface area contributed by atoms with Gasteiger partial charge in [0.2, 0.25) is 0 Å². The number of hydrogen-bond acceptors (Lipinski definition) is 5. The average molecular weight is 546 g/mol. The lowest BCUT2D eigenvalue weighted by molar-refractivity contribution is -0.140. The number of benzene rings is 3. The Morgan fingerprint density at radius 2 is 1.72 bits per heavy atom. The first-order valence-electron chi connectivity index (χ1n) is 12.6. The molecule has 1 aromatic heterocycles. The molecule has 1 heterocycles. The van der Waals surface area contributed by atoms with Crippen LogP contribution >= 0.6 is 11.3 Å². The number of amides is 1. The highest BCUT2D eigenvalue weighted by molar-refractivity contribution is 7.14. The third-order valence-electron chi connectivity index (χ3n) is 7.22. The second kappa shape index (κ2) is 10.5. The molecule has 0 saturated heterocycles. The van der Waals surface area contributed by atoms with Gasteiger partial charge in [0.15, 0.2) is 5.13 Å². The lowest BCUT2D eigenvalue weighted by Gasteiger charge is -2.16. The zero-order valence-corrected chi connectivity index (χ0v) is 22.6. The molecule has 1 atom stereocenters. The summed E-state index contributed by atoms with van der Waals surface area (Å²) in [5.41, 5.74) is 4.59. The molecule has 6 nitrogen and oxygen atoms in total. The number of ether oxygens (including phenoxy) is 2. The number of carbonyl (C=O) groups is 2. The summed E-state index contributed by atoms with van der Waals surface area (Å²) in [6, 6.07) is 21.9. The van der Waals surface area contributed by atoms with E-state index in [1.165, 1.54) is 6.07 Å². The van der Waals surface area contributed by atoms with Crippen LogP contribution in [-0.4, -0.2) is 24.3 Å². The molecule has 0 spiro atoms. The molecule has 1 saturated carbocycles. The van der Waals surface area contributed by atoms with E-state index in [0.717, 1.165) is 39.2 Å². The highest BCUT2D eigenvalue weighted by Gasteiger charge is 2.51. The minimum absolute atomic E-state index is 0.307. The van der Waals surface area contributed by atoms with Gasteiger partial charge >= 0.3 is 12.1 Å². The molecule has 39 heavy (non-hydrogen) atoms. The van der Waals surface area contributed by atoms with Gasteiger partial charge in [0.1, 0.15) is 11.9 Å². The highest BCUT2D eigenvalue weighted by atomic mass is 32.1. The number of methoxy groups -OCH3 is 1. The number of thiophene rings is 1. The lowest BCUT2D eigenvalue weighted by atomic mass is 9.93. The van der Waals surface area contributed by atoms with Gasteiger partial charge < -0.3 is 14.6 Å². The van der Waals surface area contributed by atoms with Gasteiger partial charge in [0.25, 0.3) is 0 Å². The molecule has 3 aromatic carbocycles. The van der Waals surface area contributed by atoms with Gasteiger partial charge in [-0.1, -0.05) is 60.7 Å². The summed E-state index contributed by atoms with van der Waals surface area (Å²) in [6.45, 7) is 3.74. The fourth-order valence-corrected chi connectivity index (χ4v) is 5.70. The summed E-state index contributed by atoms with van der Waals surface area (Å²) in [5, 5.41) is 11.8. The molecular formula is C31H28FNO5S. The van der Waals surface area contributed by atoms with E-state index in [0.29, 0.717) is 34.7 Å². The topological polar surface area (TPSA) is 84.9 Å². The number of nitrogens with one attached hydrogen (secondary N) is 1. The van der Waals surface area contributed by atoms with E-state index in [1.54, 1.807) is 20.1 Å². The number of hydrogen-bond donors (Lipinski definition) is 2. The fourth-order valence-electron chi connectivity index (χ4n) is 4.87. The molecule has 0 radical (unpaired) electrons. The van der Waals surface area contributed by atoms with Gasteiger partial charge in [0, 0.05) is 11.6 Å². The molecule has 0 unspecified atom stereocenters. The maximum Gasteiger partial charge on any atom is 0.412 e. The van der Waals surface area contributed by atoms with Crippen molar-refractivity contribution in [2.75, 3.05) is 12.4 Å². The standard InChI is InChI=1S/C31H28FNO5S/c1-18-6-4-5-7-23(18)19(2)38-30(36)33-25-17-27(32)39-28(25)21-10-13-24(26(16-21)37-3)20-8-11-22(12-9-20)31(14-15-31)29(34)35/h4-13,16-17,19H,14-15H2,1-3H3,(H,33,36)(H,34,35)/t19-/m1/s1. The van der Waals surface area contributed by atoms with Crippen molar-refractivity contribution in [1.82, 2.24) is 0 Å². The highest BCUT2D eigenvalue weighted by Crippen LogP contribution is 2.49. The Morgan fingerprint density at radius 3 is 2.36 bits per heavy atom. The molecule has 4 aromatic rings. The Morgan fingerprint density at radius 1 is 1.03 bits per heavy atom. The first kappa shape index (κ1) is 26.4. The third-order valence-corrected chi connectivity index (χ3v) is 8.19. The normalized spacial score (nSPS) is 14.4. The number of carbonyl (C=O) groups excluding carboxylic acids is 1. The van der Waals surface area contributed by atoms with Gasteiger partial charge in [-0.05, 0) is 60.6 Å². The predicted octanol–water partition coefficient (Wildman–Crippen LogP) is 7.96. The molecule has 1 aliphatic carbocycles. The Labute approximate surface area is 230 Å². The smallest absolute Gasteiger partial charge is 0.412 e. The zero-order valence-electron chi connectivity index (χ0n) is 21.8. The number of aliphatic carboxylic acids is 1. The van der Waals surface area contributed by atoms with Gasteiger partial charge in [-0.15, -0.1) is 11.3 Å². The average Bonchev–Trinajstić information content (AvgIpc) is 3.66. The van der Waals surface area contributed by atoms with Crippen molar-refractivity contribution in [1.29, 1.82) is 0 Å². The maximum absolute atomic E-state index is 14.4. The van der Waals surface area contributed by atoms with Crippen molar-refractivity contribution in [2.24, 2.45) is 0 Å². The van der Waals surface area contributed by atoms with Crippen LogP contribution in [-0.2, 0) is 14.9 Å². The Bertz CT molecular complexity index is 1540. The van der Waals surface area contributed by atoms with Crippen LogP contribution in [0, 0.1) is 12.1 Å². The third kappa shape index (κ3) is 5.25. The number of carboxylic acid groups (broad SMARTS) is 1. The van der Waals surface area contributed by atoms with Crippen molar-refractivity contribution in [3.63, 3.8) is 0 Å². The number of rotatable bonds is 8. The van der Waals surface area contributed by atoms with Gasteiger partial charge in [-0.3, -0.25) is 10.1 Å². The quantitative estimate of drug-likeness (QED) is 0.235. The molecule has 200 valence electrons. The van der Waals surface area contributed by atoms with Crippen LogP contribution in [0.3, 0.4) is 0 Å². The molecule has 1 fully saturated rings. The zero-order chi connectivity index (χ0) is 27.7. The number of halogens is 1. The molecule has 8 heteroatoms. The van der Waals surface area contributed by atoms with Crippen LogP contribution in [0.5, 0.6) is 5.75 Å². The summed E-state index contributed by atoms with van der Waals surface area (Å²) in [6.07, 6.45) is 0.134. The number of anilines is 1. The van der Waals surface area contributed by atoms with Crippen LogP contribution in [0.15, 0.2) is 72.8 Å². The number of carboxylic acids is 1. The van der Waals surface area contributed by atoms with Gasteiger partial charge in [-0.25, -0.2) is 4.79 Å². The van der Waals surface area contributed by atoms with Crippen LogP contribution in [0.2, 0.25) is 0 Å². The van der Waals surface area contributed by atoms with Crippen LogP contribution in [0.25, 0.3) is 21.6 Å². The predicted molar refractivity (Wildman–Crippen MR) is 150 cm³/mol. The number of aryl methyl sites for hydroxylation is 1. The molecular weight excluding hydrogens is 517 g/mol. The summed E-state index contributed by atoms with van der Waals surface area (Å²) < 4.78 is 25.6. The van der Waals surface area contributed by atoms with Crippen LogP contribution in [0.1, 0.15) is 42.6 Å². The minimum Gasteiger partial charge on any atom is -0.496 e. The first-order valence-corrected chi connectivity index (χ1v) is 13.4. The Kier molecular flexibility index (Phi) is 7.14. The van der Waals surface area contributed by atoms with E-state index in [-0.39, 0.29) is 0 Å². The van der Waals surface area contributed by atoms with Crippen LogP contribution in [0.4, 0.5) is 14.9 Å². The minimum atomic E-state index is -0.793. The molecule has 0 aliphatic heterocycles. The van der Waals surface area contributed by atoms with Crippen molar-refractivity contribution >= 4 is 29.1 Å². The largest absolute Gasteiger partial charge is 0.496 e. The SMILES string of the molecule is COc1cc(-c2sc(F)cc2NC(=O)O[C@H](C)c2ccccc2C)ccc1-c1ccc(C2(C(=O)O)CC2)cc1. The first-order chi connectivity index (χ1) is 18.7. The second-order valence-electron chi connectivity index (χ2n) is 9.70. The van der Waals surface area contributed by atoms with Crippen molar-refractivity contribution in [3.8, 4) is 27.3 Å². The molecule has 0 bridgehead atoms. The van der Waals surface area contributed by atoms with Crippen molar-refractivity contribution in [3.05, 3.63) is 94.6 Å². The summed E-state index contributed by atoms with van der Waals surface area (Å²) in [4.78, 5) is 24.9. The van der Waals surface area contributed by atoms with Gasteiger partial charge in [-0.2, -0.15) is 4.39 Å². The van der Waals surface area contributed by atoms with Crippen LogP contribution < -0.4 is 10.1 Å². The van der Waals surface area contributed by atoms with Crippen molar-refractivity contribution in [2.45, 2.75) is 38.2 Å². The second-order valence-corrected chi connectivity index (χ2v) is 10.7. The van der Waals surface area contributed by atoms with Gasteiger partial charge in [0.05, 0.1) is 23.1 Å². The van der Waals surface area contributed by atoms with E-state index >= 15 is 0 Å².